The van der Waals surface area contributed by atoms with Gasteiger partial charge in [0.1, 0.15) is 0 Å². The third-order valence-corrected chi connectivity index (χ3v) is 5.05. The summed E-state index contributed by atoms with van der Waals surface area (Å²) >= 11 is 0. The SMILES string of the molecule is Cc1cc(C2CCC2)nc(N2CCNC(c3ccccc3)C2)n1. The molecule has 4 heteroatoms. The molecule has 1 aromatic carbocycles. The van der Waals surface area contributed by atoms with Gasteiger partial charge >= 0.3 is 0 Å². The van der Waals surface area contributed by atoms with Crippen molar-refractivity contribution in [3.05, 3.63) is 53.3 Å². The number of aromatic nitrogens is 2. The number of aryl methyl sites for hydroxylation is 1. The molecular weight excluding hydrogens is 284 g/mol. The van der Waals surface area contributed by atoms with Crippen LogP contribution in [0.4, 0.5) is 5.95 Å². The molecule has 1 aliphatic heterocycles. The molecule has 0 amide bonds. The Labute approximate surface area is 138 Å². The van der Waals surface area contributed by atoms with Crippen molar-refractivity contribution in [2.24, 2.45) is 0 Å². The van der Waals surface area contributed by atoms with Crippen molar-refractivity contribution in [2.75, 3.05) is 24.5 Å². The Morgan fingerprint density at radius 1 is 1.13 bits per heavy atom. The van der Waals surface area contributed by atoms with Gasteiger partial charge in [-0.3, -0.25) is 0 Å². The van der Waals surface area contributed by atoms with Gasteiger partial charge in [0.15, 0.2) is 0 Å². The van der Waals surface area contributed by atoms with E-state index in [1.54, 1.807) is 0 Å². The molecule has 0 bridgehead atoms. The average Bonchev–Trinajstić information content (AvgIpc) is 2.54. The molecule has 2 heterocycles. The second-order valence-corrected chi connectivity index (χ2v) is 6.73. The van der Waals surface area contributed by atoms with E-state index in [0.717, 1.165) is 31.3 Å². The van der Waals surface area contributed by atoms with Crippen molar-refractivity contribution in [1.82, 2.24) is 15.3 Å². The first kappa shape index (κ1) is 14.6. The zero-order valence-corrected chi connectivity index (χ0v) is 13.7. The van der Waals surface area contributed by atoms with Gasteiger partial charge in [0.05, 0.1) is 0 Å². The van der Waals surface area contributed by atoms with E-state index in [1.165, 1.54) is 30.5 Å². The topological polar surface area (TPSA) is 41.1 Å². The Morgan fingerprint density at radius 3 is 2.70 bits per heavy atom. The van der Waals surface area contributed by atoms with E-state index < -0.39 is 0 Å². The van der Waals surface area contributed by atoms with Crippen LogP contribution in [0.3, 0.4) is 0 Å². The fourth-order valence-corrected chi connectivity index (χ4v) is 3.47. The van der Waals surface area contributed by atoms with E-state index in [9.17, 15) is 0 Å². The third kappa shape index (κ3) is 3.08. The number of nitrogens with zero attached hydrogens (tertiary/aromatic N) is 3. The van der Waals surface area contributed by atoms with Gasteiger partial charge in [-0.05, 0) is 31.4 Å². The molecule has 1 aromatic heterocycles. The second-order valence-electron chi connectivity index (χ2n) is 6.73. The zero-order valence-electron chi connectivity index (χ0n) is 13.7. The summed E-state index contributed by atoms with van der Waals surface area (Å²) in [5.41, 5.74) is 3.67. The molecule has 1 saturated carbocycles. The summed E-state index contributed by atoms with van der Waals surface area (Å²) in [5.74, 6) is 1.57. The number of hydrogen-bond acceptors (Lipinski definition) is 4. The standard InChI is InChI=1S/C19H24N4/c1-14-12-17(15-8-5-9-15)22-19(21-14)23-11-10-20-18(13-23)16-6-3-2-4-7-16/h2-4,6-7,12,15,18,20H,5,8-11,13H2,1H3. The molecule has 0 spiro atoms. The van der Waals surface area contributed by atoms with E-state index in [0.29, 0.717) is 12.0 Å². The number of anilines is 1. The lowest BCUT2D eigenvalue weighted by Crippen LogP contribution is -2.46. The summed E-state index contributed by atoms with van der Waals surface area (Å²) in [6.45, 7) is 4.95. The van der Waals surface area contributed by atoms with Crippen molar-refractivity contribution >= 4 is 5.95 Å². The van der Waals surface area contributed by atoms with Crippen LogP contribution in [0.1, 0.15) is 48.2 Å². The molecular formula is C19H24N4. The number of nitrogens with one attached hydrogen (secondary N) is 1. The Hall–Kier alpha value is -1.94. The molecule has 4 rings (SSSR count). The Bertz CT molecular complexity index is 666. The summed E-state index contributed by atoms with van der Waals surface area (Å²) < 4.78 is 0. The first-order valence-electron chi connectivity index (χ1n) is 8.68. The van der Waals surface area contributed by atoms with Crippen LogP contribution < -0.4 is 10.2 Å². The first-order chi connectivity index (χ1) is 11.3. The van der Waals surface area contributed by atoms with Crippen LogP contribution in [0.5, 0.6) is 0 Å². The lowest BCUT2D eigenvalue weighted by Gasteiger charge is -2.35. The van der Waals surface area contributed by atoms with Gasteiger partial charge in [0, 0.05) is 43.0 Å². The Kier molecular flexibility index (Phi) is 4.00. The van der Waals surface area contributed by atoms with Crippen LogP contribution in [-0.2, 0) is 0 Å². The summed E-state index contributed by atoms with van der Waals surface area (Å²) in [6.07, 6.45) is 3.90. The highest BCUT2D eigenvalue weighted by molar-refractivity contribution is 5.36. The molecule has 4 nitrogen and oxygen atoms in total. The molecule has 0 radical (unpaired) electrons. The molecule has 1 saturated heterocycles. The maximum absolute atomic E-state index is 4.89. The largest absolute Gasteiger partial charge is 0.338 e. The molecule has 2 fully saturated rings. The molecule has 1 atom stereocenters. The van der Waals surface area contributed by atoms with Gasteiger partial charge in [0.25, 0.3) is 0 Å². The number of hydrogen-bond donors (Lipinski definition) is 1. The van der Waals surface area contributed by atoms with Gasteiger partial charge in [-0.15, -0.1) is 0 Å². The van der Waals surface area contributed by atoms with Crippen molar-refractivity contribution in [2.45, 2.75) is 38.1 Å². The van der Waals surface area contributed by atoms with Gasteiger partial charge in [-0.2, -0.15) is 0 Å². The van der Waals surface area contributed by atoms with E-state index in [-0.39, 0.29) is 0 Å². The normalized spacial score (nSPS) is 22.0. The second kappa shape index (κ2) is 6.28. The van der Waals surface area contributed by atoms with Crippen LogP contribution in [0, 0.1) is 6.92 Å². The van der Waals surface area contributed by atoms with Gasteiger partial charge < -0.3 is 10.2 Å². The quantitative estimate of drug-likeness (QED) is 0.945. The smallest absolute Gasteiger partial charge is 0.225 e. The maximum atomic E-state index is 4.89. The van der Waals surface area contributed by atoms with E-state index >= 15 is 0 Å². The fourth-order valence-electron chi connectivity index (χ4n) is 3.47. The molecule has 1 unspecified atom stereocenters. The predicted molar refractivity (Wildman–Crippen MR) is 92.8 cm³/mol. The maximum Gasteiger partial charge on any atom is 0.225 e. The van der Waals surface area contributed by atoms with Crippen LogP contribution >= 0.6 is 0 Å². The molecule has 1 aliphatic carbocycles. The zero-order chi connectivity index (χ0) is 15.6. The monoisotopic (exact) mass is 308 g/mol. The number of piperazine rings is 1. The first-order valence-corrected chi connectivity index (χ1v) is 8.68. The number of rotatable bonds is 3. The van der Waals surface area contributed by atoms with Crippen LogP contribution in [0.25, 0.3) is 0 Å². The lowest BCUT2D eigenvalue weighted by molar-refractivity contribution is 0.409. The predicted octanol–water partition coefficient (Wildman–Crippen LogP) is 3.20. The average molecular weight is 308 g/mol. The third-order valence-electron chi connectivity index (χ3n) is 5.05. The highest BCUT2D eigenvalue weighted by atomic mass is 15.3. The Morgan fingerprint density at radius 2 is 1.96 bits per heavy atom. The minimum Gasteiger partial charge on any atom is -0.338 e. The van der Waals surface area contributed by atoms with Crippen LogP contribution in [-0.4, -0.2) is 29.6 Å². The van der Waals surface area contributed by atoms with Crippen LogP contribution in [0.15, 0.2) is 36.4 Å². The summed E-state index contributed by atoms with van der Waals surface area (Å²) in [4.78, 5) is 11.9. The molecule has 120 valence electrons. The van der Waals surface area contributed by atoms with Crippen molar-refractivity contribution in [1.29, 1.82) is 0 Å². The van der Waals surface area contributed by atoms with Gasteiger partial charge in [0.2, 0.25) is 5.95 Å². The minimum absolute atomic E-state index is 0.348. The van der Waals surface area contributed by atoms with Crippen LogP contribution in [0.2, 0.25) is 0 Å². The van der Waals surface area contributed by atoms with E-state index in [1.807, 2.05) is 0 Å². The number of benzene rings is 1. The van der Waals surface area contributed by atoms with Gasteiger partial charge in [-0.25, -0.2) is 9.97 Å². The Balaban J connectivity index is 1.56. The van der Waals surface area contributed by atoms with E-state index in [4.69, 9.17) is 9.97 Å². The molecule has 1 N–H and O–H groups in total. The summed E-state index contributed by atoms with van der Waals surface area (Å²) in [6, 6.07) is 13.2. The molecule has 2 aliphatic rings. The molecule has 23 heavy (non-hydrogen) atoms. The lowest BCUT2D eigenvalue weighted by atomic mass is 9.82. The highest BCUT2D eigenvalue weighted by Crippen LogP contribution is 2.36. The summed E-state index contributed by atoms with van der Waals surface area (Å²) in [7, 11) is 0. The van der Waals surface area contributed by atoms with E-state index in [2.05, 4.69) is 53.5 Å². The molecule has 2 aromatic rings. The van der Waals surface area contributed by atoms with Crippen molar-refractivity contribution in [3.8, 4) is 0 Å². The van der Waals surface area contributed by atoms with Crippen molar-refractivity contribution in [3.63, 3.8) is 0 Å². The fraction of sp³-hybridized carbons (Fsp3) is 0.474. The van der Waals surface area contributed by atoms with Crippen molar-refractivity contribution < 1.29 is 0 Å². The minimum atomic E-state index is 0.348. The van der Waals surface area contributed by atoms with Gasteiger partial charge in [-0.1, -0.05) is 36.8 Å². The summed E-state index contributed by atoms with van der Waals surface area (Å²) in [5, 5.41) is 3.61. The highest BCUT2D eigenvalue weighted by Gasteiger charge is 2.25.